The van der Waals surface area contributed by atoms with E-state index in [9.17, 15) is 9.59 Å². The molecule has 0 bridgehead atoms. The number of para-hydroxylation sites is 2. The third kappa shape index (κ3) is 2.03. The third-order valence-corrected chi connectivity index (χ3v) is 4.93. The average Bonchev–Trinajstić information content (AvgIpc) is 3.03. The molecule has 2 aliphatic rings. The fourth-order valence-corrected chi connectivity index (χ4v) is 3.76. The number of rotatable bonds is 2. The minimum Gasteiger partial charge on any atom is -0.439 e. The van der Waals surface area contributed by atoms with E-state index in [4.69, 9.17) is 4.42 Å². The number of oxazole rings is 1. The second-order valence-electron chi connectivity index (χ2n) is 6.38. The number of hydrogen-bond donors (Lipinski definition) is 0. The van der Waals surface area contributed by atoms with E-state index >= 15 is 0 Å². The number of fused-ring (bicyclic) bond motifs is 1. The Morgan fingerprint density at radius 1 is 1.14 bits per heavy atom. The van der Waals surface area contributed by atoms with Crippen LogP contribution in [0.2, 0.25) is 0 Å². The Bertz CT molecular complexity index is 710. The van der Waals surface area contributed by atoms with Crippen LogP contribution in [0.15, 0.2) is 28.7 Å². The Kier molecular flexibility index (Phi) is 3.03. The highest BCUT2D eigenvalue weighted by Crippen LogP contribution is 2.45. The summed E-state index contributed by atoms with van der Waals surface area (Å²) in [6.07, 6.45) is 5.26. The van der Waals surface area contributed by atoms with Gasteiger partial charge in [-0.3, -0.25) is 14.5 Å². The lowest BCUT2D eigenvalue weighted by molar-refractivity contribution is -0.143. The van der Waals surface area contributed by atoms with Crippen LogP contribution in [0.1, 0.15) is 44.4 Å². The van der Waals surface area contributed by atoms with Crippen molar-refractivity contribution in [2.75, 3.05) is 0 Å². The lowest BCUT2D eigenvalue weighted by Gasteiger charge is -2.30. The van der Waals surface area contributed by atoms with E-state index in [1.807, 2.05) is 24.3 Å². The van der Waals surface area contributed by atoms with Gasteiger partial charge in [0.15, 0.2) is 5.58 Å². The molecule has 5 heteroatoms. The van der Waals surface area contributed by atoms with E-state index in [1.54, 1.807) is 0 Å². The first-order valence-corrected chi connectivity index (χ1v) is 7.87. The number of aromatic nitrogens is 1. The minimum atomic E-state index is -0.443. The van der Waals surface area contributed by atoms with Gasteiger partial charge in [-0.25, -0.2) is 4.98 Å². The first-order chi connectivity index (χ1) is 10.7. The van der Waals surface area contributed by atoms with Crippen LogP contribution in [0, 0.1) is 5.41 Å². The van der Waals surface area contributed by atoms with Gasteiger partial charge in [-0.2, -0.15) is 0 Å². The summed E-state index contributed by atoms with van der Waals surface area (Å²) < 4.78 is 5.65. The molecule has 1 aromatic carbocycles. The molecule has 5 nitrogen and oxygen atoms in total. The van der Waals surface area contributed by atoms with Gasteiger partial charge in [-0.05, 0) is 25.0 Å². The highest BCUT2D eigenvalue weighted by molar-refractivity contribution is 6.05. The van der Waals surface area contributed by atoms with Crippen molar-refractivity contribution in [1.29, 1.82) is 0 Å². The van der Waals surface area contributed by atoms with Crippen LogP contribution in [0.5, 0.6) is 0 Å². The summed E-state index contributed by atoms with van der Waals surface area (Å²) in [6, 6.07) is 7.46. The highest BCUT2D eigenvalue weighted by atomic mass is 16.3. The van der Waals surface area contributed by atoms with Crippen LogP contribution < -0.4 is 0 Å². The topological polar surface area (TPSA) is 63.4 Å². The van der Waals surface area contributed by atoms with Crippen LogP contribution >= 0.6 is 0 Å². The van der Waals surface area contributed by atoms with Crippen LogP contribution in [0.3, 0.4) is 0 Å². The monoisotopic (exact) mass is 298 g/mol. The molecule has 1 saturated carbocycles. The summed E-state index contributed by atoms with van der Waals surface area (Å²) in [7, 11) is 0. The molecule has 2 amide bonds. The summed E-state index contributed by atoms with van der Waals surface area (Å²) in [5.74, 6) is 0.310. The van der Waals surface area contributed by atoms with Gasteiger partial charge in [0.2, 0.25) is 17.7 Å². The number of benzene rings is 1. The van der Waals surface area contributed by atoms with Gasteiger partial charge in [0.05, 0.1) is 5.41 Å². The van der Waals surface area contributed by atoms with Crippen LogP contribution in [-0.2, 0) is 16.1 Å². The molecule has 1 aliphatic carbocycles. The van der Waals surface area contributed by atoms with E-state index < -0.39 is 5.41 Å². The molecule has 1 aromatic heterocycles. The molecule has 1 aliphatic heterocycles. The average molecular weight is 298 g/mol. The predicted molar refractivity (Wildman–Crippen MR) is 79.7 cm³/mol. The van der Waals surface area contributed by atoms with Gasteiger partial charge in [0.1, 0.15) is 12.1 Å². The van der Waals surface area contributed by atoms with E-state index in [2.05, 4.69) is 4.98 Å². The van der Waals surface area contributed by atoms with E-state index in [0.29, 0.717) is 17.9 Å². The fourth-order valence-electron chi connectivity index (χ4n) is 3.76. The number of carbonyl (C=O) groups is 2. The molecular weight excluding hydrogens is 280 g/mol. The molecule has 0 unspecified atom stereocenters. The fraction of sp³-hybridized carbons (Fsp3) is 0.471. The molecule has 2 aromatic rings. The molecule has 114 valence electrons. The predicted octanol–water partition coefficient (Wildman–Crippen LogP) is 3.04. The summed E-state index contributed by atoms with van der Waals surface area (Å²) in [5, 5.41) is 0. The summed E-state index contributed by atoms with van der Waals surface area (Å²) >= 11 is 0. The third-order valence-electron chi connectivity index (χ3n) is 4.93. The van der Waals surface area contributed by atoms with Gasteiger partial charge in [-0.1, -0.05) is 31.4 Å². The minimum absolute atomic E-state index is 0.0283. The van der Waals surface area contributed by atoms with Crippen molar-refractivity contribution in [3.8, 4) is 0 Å². The Balaban J connectivity index is 1.59. The standard InChI is InChI=1S/C17H18N2O3/c20-15-10-17(8-4-1-5-9-17)16(21)19(15)11-14-18-12-6-2-3-7-13(12)22-14/h2-3,6-7H,1,4-5,8-11H2. The smallest absolute Gasteiger partial charge is 0.236 e. The zero-order chi connectivity index (χ0) is 15.2. The number of amides is 2. The van der Waals surface area contributed by atoms with Gasteiger partial charge in [0, 0.05) is 6.42 Å². The van der Waals surface area contributed by atoms with Crippen molar-refractivity contribution in [2.45, 2.75) is 45.1 Å². The number of imide groups is 1. The highest BCUT2D eigenvalue weighted by Gasteiger charge is 2.51. The van der Waals surface area contributed by atoms with Gasteiger partial charge in [0.25, 0.3) is 0 Å². The maximum absolute atomic E-state index is 12.7. The van der Waals surface area contributed by atoms with Crippen molar-refractivity contribution < 1.29 is 14.0 Å². The summed E-state index contributed by atoms with van der Waals surface area (Å²) in [5.41, 5.74) is 0.995. The Morgan fingerprint density at radius 2 is 1.91 bits per heavy atom. The number of carbonyl (C=O) groups excluding carboxylic acids is 2. The molecule has 4 rings (SSSR count). The second kappa shape index (κ2) is 4.93. The quantitative estimate of drug-likeness (QED) is 0.799. The van der Waals surface area contributed by atoms with Crippen LogP contribution in [0.25, 0.3) is 11.1 Å². The van der Waals surface area contributed by atoms with Crippen molar-refractivity contribution in [3.63, 3.8) is 0 Å². The van der Waals surface area contributed by atoms with Crippen molar-refractivity contribution in [3.05, 3.63) is 30.2 Å². The van der Waals surface area contributed by atoms with Crippen molar-refractivity contribution in [1.82, 2.24) is 9.88 Å². The zero-order valence-electron chi connectivity index (χ0n) is 12.4. The number of hydrogen-bond acceptors (Lipinski definition) is 4. The van der Waals surface area contributed by atoms with Crippen molar-refractivity contribution in [2.24, 2.45) is 5.41 Å². The molecule has 2 fully saturated rings. The first-order valence-electron chi connectivity index (χ1n) is 7.87. The molecule has 0 radical (unpaired) electrons. The van der Waals surface area contributed by atoms with Crippen LogP contribution in [0.4, 0.5) is 0 Å². The Hall–Kier alpha value is -2.17. The molecule has 2 heterocycles. The Morgan fingerprint density at radius 3 is 2.68 bits per heavy atom. The van der Waals surface area contributed by atoms with Crippen molar-refractivity contribution >= 4 is 22.9 Å². The normalized spacial score (nSPS) is 21.2. The molecule has 0 atom stereocenters. The largest absolute Gasteiger partial charge is 0.439 e. The van der Waals surface area contributed by atoms with E-state index in [1.165, 1.54) is 4.90 Å². The van der Waals surface area contributed by atoms with Gasteiger partial charge >= 0.3 is 0 Å². The first kappa shape index (κ1) is 13.5. The maximum atomic E-state index is 12.7. The summed E-state index contributed by atoms with van der Waals surface area (Å²) in [4.78, 5) is 30.8. The van der Waals surface area contributed by atoms with E-state index in [-0.39, 0.29) is 18.4 Å². The van der Waals surface area contributed by atoms with Gasteiger partial charge < -0.3 is 4.42 Å². The number of nitrogens with zero attached hydrogens (tertiary/aromatic N) is 2. The van der Waals surface area contributed by atoms with Gasteiger partial charge in [-0.15, -0.1) is 0 Å². The van der Waals surface area contributed by atoms with E-state index in [0.717, 1.165) is 37.6 Å². The summed E-state index contributed by atoms with van der Waals surface area (Å²) in [6.45, 7) is 0.147. The zero-order valence-corrected chi connectivity index (χ0v) is 12.4. The Labute approximate surface area is 128 Å². The lowest BCUT2D eigenvalue weighted by Crippen LogP contribution is -2.36. The number of likely N-dealkylation sites (tertiary alicyclic amines) is 1. The SMILES string of the molecule is O=C1CC2(CCCCC2)C(=O)N1Cc1nc2ccccc2o1. The molecule has 22 heavy (non-hydrogen) atoms. The van der Waals surface area contributed by atoms with Crippen LogP contribution in [-0.4, -0.2) is 21.7 Å². The lowest BCUT2D eigenvalue weighted by atomic mass is 9.73. The maximum Gasteiger partial charge on any atom is 0.236 e. The molecular formula is C17H18N2O3. The molecule has 1 saturated heterocycles. The second-order valence-corrected chi connectivity index (χ2v) is 6.38. The molecule has 1 spiro atoms. The molecule has 0 N–H and O–H groups in total.